The number of methoxy groups -OCH3 is 1. The molecule has 3 nitrogen and oxygen atoms in total. The van der Waals surface area contributed by atoms with Crippen molar-refractivity contribution in [3.05, 3.63) is 59.3 Å². The van der Waals surface area contributed by atoms with Crippen LogP contribution >= 0.6 is 0 Å². The van der Waals surface area contributed by atoms with E-state index < -0.39 is 0 Å². The topological polar surface area (TPSA) is 34.1 Å². The van der Waals surface area contributed by atoms with Crippen LogP contribution < -0.4 is 10.1 Å². The third-order valence-corrected chi connectivity index (χ3v) is 4.61. The Labute approximate surface area is 119 Å². The molecule has 2 aromatic rings. The van der Waals surface area contributed by atoms with Crippen LogP contribution in [0.5, 0.6) is 5.88 Å². The number of hydrogen-bond donors (Lipinski definition) is 1. The van der Waals surface area contributed by atoms with Gasteiger partial charge < -0.3 is 10.1 Å². The van der Waals surface area contributed by atoms with Gasteiger partial charge in [-0.15, -0.1) is 0 Å². The largest absolute Gasteiger partial charge is 0.481 e. The van der Waals surface area contributed by atoms with Gasteiger partial charge in [0.05, 0.1) is 7.11 Å². The third kappa shape index (κ3) is 1.81. The molecule has 102 valence electrons. The molecule has 1 aromatic heterocycles. The summed E-state index contributed by atoms with van der Waals surface area (Å²) in [5.74, 6) is 2.23. The Kier molecular flexibility index (Phi) is 2.74. The van der Waals surface area contributed by atoms with Crippen molar-refractivity contribution >= 4 is 0 Å². The maximum absolute atomic E-state index is 5.30. The Balaban J connectivity index is 1.44. The van der Waals surface area contributed by atoms with Crippen molar-refractivity contribution in [2.45, 2.75) is 24.9 Å². The van der Waals surface area contributed by atoms with Crippen molar-refractivity contribution in [1.82, 2.24) is 10.3 Å². The van der Waals surface area contributed by atoms with Crippen LogP contribution in [0.1, 0.15) is 22.6 Å². The molecule has 0 aliphatic heterocycles. The second-order valence-corrected chi connectivity index (χ2v) is 5.67. The molecular weight excluding hydrogens is 248 g/mol. The van der Waals surface area contributed by atoms with E-state index in [1.165, 1.54) is 6.42 Å². The fourth-order valence-corrected chi connectivity index (χ4v) is 3.60. The molecule has 0 spiro atoms. The van der Waals surface area contributed by atoms with E-state index in [-0.39, 0.29) is 0 Å². The van der Waals surface area contributed by atoms with Crippen LogP contribution in [0.3, 0.4) is 0 Å². The molecule has 0 saturated heterocycles. The molecule has 1 aromatic carbocycles. The van der Waals surface area contributed by atoms with Gasteiger partial charge in [0.25, 0.3) is 0 Å². The van der Waals surface area contributed by atoms with Gasteiger partial charge in [0.1, 0.15) is 0 Å². The van der Waals surface area contributed by atoms with E-state index in [0.29, 0.717) is 12.0 Å². The highest BCUT2D eigenvalue weighted by Crippen LogP contribution is 2.56. The van der Waals surface area contributed by atoms with Crippen LogP contribution in [0.25, 0.3) is 0 Å². The molecule has 1 N–H and O–H groups in total. The predicted molar refractivity (Wildman–Crippen MR) is 77.8 cm³/mol. The molecule has 0 amide bonds. The average Bonchev–Trinajstić information content (AvgIpc) is 3.04. The van der Waals surface area contributed by atoms with Gasteiger partial charge in [0, 0.05) is 30.3 Å². The first-order valence-corrected chi connectivity index (χ1v) is 7.17. The van der Waals surface area contributed by atoms with Crippen molar-refractivity contribution in [2.75, 3.05) is 7.11 Å². The summed E-state index contributed by atoms with van der Waals surface area (Å²) in [6.07, 6.45) is 2.99. The summed E-state index contributed by atoms with van der Waals surface area (Å²) in [6.45, 7) is 0.830. The van der Waals surface area contributed by atoms with Crippen LogP contribution in [0.2, 0.25) is 0 Å². The molecule has 2 aliphatic carbocycles. The number of aromatic nitrogens is 1. The molecule has 0 unspecified atom stereocenters. The Bertz CT molecular complexity index is 640. The molecule has 3 atom stereocenters. The highest BCUT2D eigenvalue weighted by molar-refractivity contribution is 5.45. The van der Waals surface area contributed by atoms with Gasteiger partial charge in [-0.1, -0.05) is 30.3 Å². The first-order valence-electron chi connectivity index (χ1n) is 7.17. The standard InChI is InChI=1S/C17H18N2O/c1-20-17-12(6-4-8-18-17)10-19-16-14-9-11-5-2-3-7-13(11)15(14)16/h2-8,14-16,19H,9-10H2,1H3/t14-,15+,16-/m0/s1. The first-order chi connectivity index (χ1) is 9.88. The second-order valence-electron chi connectivity index (χ2n) is 5.67. The van der Waals surface area contributed by atoms with Crippen LogP contribution in [0.15, 0.2) is 42.6 Å². The molecule has 3 heteroatoms. The summed E-state index contributed by atoms with van der Waals surface area (Å²) in [4.78, 5) is 4.24. The van der Waals surface area contributed by atoms with Gasteiger partial charge in [-0.05, 0) is 29.5 Å². The molecular formula is C17H18N2O. The minimum atomic E-state index is 0.620. The summed E-state index contributed by atoms with van der Waals surface area (Å²) in [5.41, 5.74) is 4.22. The van der Waals surface area contributed by atoms with Gasteiger partial charge in [0.15, 0.2) is 0 Å². The van der Waals surface area contributed by atoms with E-state index in [9.17, 15) is 0 Å². The van der Waals surface area contributed by atoms with Crippen LogP contribution in [-0.4, -0.2) is 18.1 Å². The molecule has 1 fully saturated rings. The lowest BCUT2D eigenvalue weighted by atomic mass is 10.1. The highest BCUT2D eigenvalue weighted by atomic mass is 16.5. The molecule has 4 rings (SSSR count). The van der Waals surface area contributed by atoms with Crippen molar-refractivity contribution in [1.29, 1.82) is 0 Å². The van der Waals surface area contributed by atoms with E-state index in [1.807, 2.05) is 6.07 Å². The van der Waals surface area contributed by atoms with Crippen molar-refractivity contribution in [3.63, 3.8) is 0 Å². The number of fused-ring (bicyclic) bond motifs is 3. The first kappa shape index (κ1) is 11.9. The maximum atomic E-state index is 5.30. The number of nitrogens with one attached hydrogen (secondary N) is 1. The predicted octanol–water partition coefficient (Wildman–Crippen LogP) is 2.52. The van der Waals surface area contributed by atoms with Gasteiger partial charge >= 0.3 is 0 Å². The number of ether oxygens (including phenoxy) is 1. The molecule has 20 heavy (non-hydrogen) atoms. The summed E-state index contributed by atoms with van der Waals surface area (Å²) in [7, 11) is 1.67. The summed E-state index contributed by atoms with van der Waals surface area (Å²) < 4.78 is 5.30. The van der Waals surface area contributed by atoms with Crippen LogP contribution in [-0.2, 0) is 13.0 Å². The second kappa shape index (κ2) is 4.60. The lowest BCUT2D eigenvalue weighted by molar-refractivity contribution is 0.390. The zero-order chi connectivity index (χ0) is 13.5. The Morgan fingerprint density at radius 3 is 3.05 bits per heavy atom. The maximum Gasteiger partial charge on any atom is 0.217 e. The van der Waals surface area contributed by atoms with Gasteiger partial charge in [0.2, 0.25) is 5.88 Å². The van der Waals surface area contributed by atoms with E-state index in [4.69, 9.17) is 4.74 Å². The quantitative estimate of drug-likeness (QED) is 0.923. The number of pyridine rings is 1. The molecule has 1 saturated carbocycles. The van der Waals surface area contributed by atoms with E-state index in [2.05, 4.69) is 40.6 Å². The normalized spacial score (nSPS) is 25.9. The van der Waals surface area contributed by atoms with Gasteiger partial charge in [-0.3, -0.25) is 0 Å². The fourth-order valence-electron chi connectivity index (χ4n) is 3.60. The Hall–Kier alpha value is -1.87. The third-order valence-electron chi connectivity index (χ3n) is 4.61. The average molecular weight is 266 g/mol. The monoisotopic (exact) mass is 266 g/mol. The van der Waals surface area contributed by atoms with E-state index in [1.54, 1.807) is 24.4 Å². The number of benzene rings is 1. The molecule has 0 bridgehead atoms. The number of rotatable bonds is 4. The van der Waals surface area contributed by atoms with E-state index in [0.717, 1.165) is 23.9 Å². The zero-order valence-electron chi connectivity index (χ0n) is 11.5. The van der Waals surface area contributed by atoms with Crippen molar-refractivity contribution < 1.29 is 4.74 Å². The van der Waals surface area contributed by atoms with Gasteiger partial charge in [-0.2, -0.15) is 0 Å². The molecule has 2 aliphatic rings. The van der Waals surface area contributed by atoms with Crippen LogP contribution in [0.4, 0.5) is 0 Å². The minimum absolute atomic E-state index is 0.620. The Morgan fingerprint density at radius 1 is 1.25 bits per heavy atom. The summed E-state index contributed by atoms with van der Waals surface area (Å²) >= 11 is 0. The highest BCUT2D eigenvalue weighted by Gasteiger charge is 2.55. The van der Waals surface area contributed by atoms with Gasteiger partial charge in [-0.25, -0.2) is 4.98 Å². The summed E-state index contributed by atoms with van der Waals surface area (Å²) in [6, 6.07) is 13.5. The lowest BCUT2D eigenvalue weighted by Gasteiger charge is -2.11. The van der Waals surface area contributed by atoms with E-state index >= 15 is 0 Å². The SMILES string of the molecule is COc1ncccc1CN[C@H]1[C@H]2Cc3ccccc3[C@H]21. The zero-order valence-corrected chi connectivity index (χ0v) is 11.5. The Morgan fingerprint density at radius 2 is 2.15 bits per heavy atom. The number of hydrogen-bond acceptors (Lipinski definition) is 3. The lowest BCUT2D eigenvalue weighted by Crippen LogP contribution is -2.21. The van der Waals surface area contributed by atoms with Crippen molar-refractivity contribution in [2.24, 2.45) is 5.92 Å². The van der Waals surface area contributed by atoms with Crippen molar-refractivity contribution in [3.8, 4) is 5.88 Å². The fraction of sp³-hybridized carbons (Fsp3) is 0.353. The molecule has 1 heterocycles. The minimum Gasteiger partial charge on any atom is -0.481 e. The van der Waals surface area contributed by atoms with Crippen LogP contribution in [0, 0.1) is 5.92 Å². The smallest absolute Gasteiger partial charge is 0.217 e. The summed E-state index contributed by atoms with van der Waals surface area (Å²) in [5, 5.41) is 3.67. The number of nitrogens with zero attached hydrogens (tertiary/aromatic N) is 1. The molecule has 0 radical (unpaired) electrons.